The summed E-state index contributed by atoms with van der Waals surface area (Å²) in [5.41, 5.74) is 0.309. The lowest BCUT2D eigenvalue weighted by Gasteiger charge is -2.18. The standard InChI is InChI=1S/C17H13ClN2O4S2/c18-14-9-8-13(11-15(14)20(21)22)26(23,24)19-17(16-7-4-10-25-16)12-5-2-1-3-6-12/h1-11,17,19H/t17-/m1/s1. The number of hydrogen-bond acceptors (Lipinski definition) is 5. The van der Waals surface area contributed by atoms with Gasteiger partial charge in [0, 0.05) is 10.9 Å². The Labute approximate surface area is 159 Å². The van der Waals surface area contributed by atoms with Crippen LogP contribution in [0.5, 0.6) is 0 Å². The number of sulfonamides is 1. The molecule has 3 aromatic rings. The van der Waals surface area contributed by atoms with Gasteiger partial charge in [-0.05, 0) is 29.1 Å². The van der Waals surface area contributed by atoms with E-state index < -0.39 is 26.7 Å². The number of halogens is 1. The molecule has 0 saturated heterocycles. The average molecular weight is 409 g/mol. The van der Waals surface area contributed by atoms with E-state index in [2.05, 4.69) is 4.72 Å². The molecule has 1 N–H and O–H groups in total. The fraction of sp³-hybridized carbons (Fsp3) is 0.0588. The zero-order valence-corrected chi connectivity index (χ0v) is 15.6. The molecule has 134 valence electrons. The molecule has 0 aliphatic carbocycles. The third-order valence-electron chi connectivity index (χ3n) is 3.66. The van der Waals surface area contributed by atoms with Crippen molar-refractivity contribution in [1.29, 1.82) is 0 Å². The molecule has 1 atom stereocenters. The number of benzene rings is 2. The Balaban J connectivity index is 2.01. The predicted octanol–water partition coefficient (Wildman–Crippen LogP) is 4.38. The number of thiophene rings is 1. The third-order valence-corrected chi connectivity index (χ3v) is 6.34. The molecular weight excluding hydrogens is 396 g/mol. The number of nitrogens with one attached hydrogen (secondary N) is 1. The Kier molecular flexibility index (Phi) is 5.38. The SMILES string of the molecule is O=[N+]([O-])c1cc(S(=O)(=O)N[C@H](c2ccccc2)c2cccs2)ccc1Cl. The normalized spacial score (nSPS) is 12.7. The van der Waals surface area contributed by atoms with E-state index in [0.717, 1.165) is 16.5 Å². The summed E-state index contributed by atoms with van der Waals surface area (Å²) in [6.45, 7) is 0. The van der Waals surface area contributed by atoms with E-state index in [-0.39, 0.29) is 9.92 Å². The Morgan fingerprint density at radius 1 is 1.08 bits per heavy atom. The van der Waals surface area contributed by atoms with Crippen LogP contribution < -0.4 is 4.72 Å². The van der Waals surface area contributed by atoms with Crippen LogP contribution in [0, 0.1) is 10.1 Å². The second kappa shape index (κ2) is 7.55. The van der Waals surface area contributed by atoms with Crippen LogP contribution in [0.3, 0.4) is 0 Å². The van der Waals surface area contributed by atoms with Gasteiger partial charge in [0.2, 0.25) is 10.0 Å². The van der Waals surface area contributed by atoms with Crippen LogP contribution in [0.4, 0.5) is 5.69 Å². The second-order valence-electron chi connectivity index (χ2n) is 5.35. The van der Waals surface area contributed by atoms with E-state index in [4.69, 9.17) is 11.6 Å². The highest BCUT2D eigenvalue weighted by molar-refractivity contribution is 7.89. The van der Waals surface area contributed by atoms with Crippen molar-refractivity contribution in [3.63, 3.8) is 0 Å². The van der Waals surface area contributed by atoms with Gasteiger partial charge >= 0.3 is 0 Å². The summed E-state index contributed by atoms with van der Waals surface area (Å²) in [5.74, 6) is 0. The summed E-state index contributed by atoms with van der Waals surface area (Å²) >= 11 is 7.18. The first-order chi connectivity index (χ1) is 12.4. The molecule has 0 bridgehead atoms. The smallest absolute Gasteiger partial charge is 0.258 e. The highest BCUT2D eigenvalue weighted by atomic mass is 35.5. The van der Waals surface area contributed by atoms with Crippen LogP contribution in [0.15, 0.2) is 70.9 Å². The molecule has 6 nitrogen and oxygen atoms in total. The first kappa shape index (κ1) is 18.5. The van der Waals surface area contributed by atoms with Crippen LogP contribution in [0.1, 0.15) is 16.5 Å². The van der Waals surface area contributed by atoms with E-state index in [0.29, 0.717) is 0 Å². The van der Waals surface area contributed by atoms with E-state index in [9.17, 15) is 18.5 Å². The third kappa shape index (κ3) is 3.94. The van der Waals surface area contributed by atoms with Crippen molar-refractivity contribution in [1.82, 2.24) is 4.72 Å². The van der Waals surface area contributed by atoms with Crippen LogP contribution in [0.25, 0.3) is 0 Å². The quantitative estimate of drug-likeness (QED) is 0.484. The van der Waals surface area contributed by atoms with E-state index in [1.165, 1.54) is 23.5 Å². The highest BCUT2D eigenvalue weighted by Gasteiger charge is 2.26. The molecular formula is C17H13ClN2O4S2. The van der Waals surface area contributed by atoms with E-state index in [1.807, 2.05) is 47.8 Å². The number of hydrogen-bond donors (Lipinski definition) is 1. The molecule has 26 heavy (non-hydrogen) atoms. The molecule has 0 aliphatic heterocycles. The van der Waals surface area contributed by atoms with Crippen molar-refractivity contribution in [2.24, 2.45) is 0 Å². The molecule has 0 radical (unpaired) electrons. The van der Waals surface area contributed by atoms with E-state index >= 15 is 0 Å². The fourth-order valence-corrected chi connectivity index (χ4v) is 4.70. The summed E-state index contributed by atoms with van der Waals surface area (Å²) in [4.78, 5) is 10.9. The molecule has 0 unspecified atom stereocenters. The summed E-state index contributed by atoms with van der Waals surface area (Å²) in [6, 6.07) is 15.6. The molecule has 2 aromatic carbocycles. The topological polar surface area (TPSA) is 89.3 Å². The van der Waals surface area contributed by atoms with Gasteiger partial charge in [0.25, 0.3) is 5.69 Å². The van der Waals surface area contributed by atoms with Gasteiger partial charge in [-0.25, -0.2) is 8.42 Å². The first-order valence-corrected chi connectivity index (χ1v) is 10.2. The van der Waals surface area contributed by atoms with Crippen molar-refractivity contribution < 1.29 is 13.3 Å². The summed E-state index contributed by atoms with van der Waals surface area (Å²) < 4.78 is 28.3. The molecule has 1 heterocycles. The zero-order valence-electron chi connectivity index (χ0n) is 13.2. The maximum atomic E-state index is 12.8. The van der Waals surface area contributed by atoms with Gasteiger partial charge in [-0.1, -0.05) is 48.0 Å². The minimum atomic E-state index is -4.01. The maximum absolute atomic E-state index is 12.8. The van der Waals surface area contributed by atoms with Crippen molar-refractivity contribution in [3.05, 3.63) is 91.6 Å². The van der Waals surface area contributed by atoms with Gasteiger partial charge in [-0.3, -0.25) is 10.1 Å². The number of nitro groups is 1. The predicted molar refractivity (Wildman–Crippen MR) is 101 cm³/mol. The Morgan fingerprint density at radius 3 is 2.42 bits per heavy atom. The fourth-order valence-electron chi connectivity index (χ4n) is 2.41. The lowest BCUT2D eigenvalue weighted by atomic mass is 10.1. The molecule has 0 saturated carbocycles. The van der Waals surface area contributed by atoms with Crippen LogP contribution in [-0.4, -0.2) is 13.3 Å². The van der Waals surface area contributed by atoms with Crippen molar-refractivity contribution in [2.45, 2.75) is 10.9 Å². The highest BCUT2D eigenvalue weighted by Crippen LogP contribution is 2.30. The van der Waals surface area contributed by atoms with Gasteiger partial charge in [0.05, 0.1) is 15.9 Å². The molecule has 0 aliphatic rings. The maximum Gasteiger partial charge on any atom is 0.289 e. The van der Waals surface area contributed by atoms with Crippen molar-refractivity contribution >= 4 is 38.6 Å². The van der Waals surface area contributed by atoms with Gasteiger partial charge < -0.3 is 0 Å². The van der Waals surface area contributed by atoms with Gasteiger partial charge in [0.15, 0.2) is 0 Å². The van der Waals surface area contributed by atoms with Gasteiger partial charge in [-0.15, -0.1) is 11.3 Å². The van der Waals surface area contributed by atoms with E-state index in [1.54, 1.807) is 0 Å². The average Bonchev–Trinajstić information content (AvgIpc) is 3.15. The molecule has 9 heteroatoms. The lowest BCUT2D eigenvalue weighted by Crippen LogP contribution is -2.29. The molecule has 0 fully saturated rings. The number of nitro benzene ring substituents is 1. The number of rotatable bonds is 6. The van der Waals surface area contributed by atoms with Gasteiger partial charge in [-0.2, -0.15) is 4.72 Å². The second-order valence-corrected chi connectivity index (χ2v) is 8.45. The monoisotopic (exact) mass is 408 g/mol. The number of nitrogens with zero attached hydrogens (tertiary/aromatic N) is 1. The summed E-state index contributed by atoms with van der Waals surface area (Å²) in [5, 5.41) is 12.8. The summed E-state index contributed by atoms with van der Waals surface area (Å²) in [7, 11) is -4.01. The molecule has 0 amide bonds. The first-order valence-electron chi connectivity index (χ1n) is 7.43. The van der Waals surface area contributed by atoms with Crippen molar-refractivity contribution in [3.8, 4) is 0 Å². The minimum Gasteiger partial charge on any atom is -0.258 e. The van der Waals surface area contributed by atoms with Crippen molar-refractivity contribution in [2.75, 3.05) is 0 Å². The lowest BCUT2D eigenvalue weighted by molar-refractivity contribution is -0.384. The van der Waals surface area contributed by atoms with Crippen LogP contribution >= 0.6 is 22.9 Å². The largest absolute Gasteiger partial charge is 0.289 e. The van der Waals surface area contributed by atoms with Gasteiger partial charge in [0.1, 0.15) is 5.02 Å². The molecule has 1 aromatic heterocycles. The van der Waals surface area contributed by atoms with Crippen LogP contribution in [0.2, 0.25) is 5.02 Å². The molecule has 0 spiro atoms. The zero-order chi connectivity index (χ0) is 18.7. The minimum absolute atomic E-state index is 0.119. The molecule has 3 rings (SSSR count). The Bertz CT molecular complexity index is 1020. The Hall–Kier alpha value is -2.26. The van der Waals surface area contributed by atoms with Crippen LogP contribution in [-0.2, 0) is 10.0 Å². The summed E-state index contributed by atoms with van der Waals surface area (Å²) in [6.07, 6.45) is 0. The Morgan fingerprint density at radius 2 is 1.81 bits per heavy atom.